The van der Waals surface area contributed by atoms with E-state index in [9.17, 15) is 4.79 Å². The minimum atomic E-state index is 0. The lowest BCUT2D eigenvalue weighted by atomic mass is 10.1. The fourth-order valence-corrected chi connectivity index (χ4v) is 2.97. The first-order chi connectivity index (χ1) is 9.15. The third kappa shape index (κ3) is 2.76. The molecular formula is C15H22ClN3O. The third-order valence-corrected chi connectivity index (χ3v) is 4.24. The van der Waals surface area contributed by atoms with Crippen molar-refractivity contribution in [3.63, 3.8) is 0 Å². The number of hydrogen-bond donors (Lipinski definition) is 1. The minimum absolute atomic E-state index is 0. The monoisotopic (exact) mass is 295 g/mol. The molecule has 1 fully saturated rings. The number of nitrogens with one attached hydrogen (secondary N) is 1. The molecule has 4 nitrogen and oxygen atoms in total. The number of amides is 1. The van der Waals surface area contributed by atoms with Gasteiger partial charge in [0, 0.05) is 36.9 Å². The van der Waals surface area contributed by atoms with E-state index < -0.39 is 0 Å². The highest BCUT2D eigenvalue weighted by atomic mass is 35.5. The summed E-state index contributed by atoms with van der Waals surface area (Å²) >= 11 is 0. The summed E-state index contributed by atoms with van der Waals surface area (Å²) in [6, 6.07) is 6.54. The van der Waals surface area contributed by atoms with Crippen LogP contribution in [0, 0.1) is 0 Å². The molecule has 1 aromatic carbocycles. The van der Waals surface area contributed by atoms with E-state index in [1.807, 2.05) is 17.0 Å². The third-order valence-electron chi connectivity index (χ3n) is 4.24. The summed E-state index contributed by atoms with van der Waals surface area (Å²) in [6.45, 7) is 2.71. The Kier molecular flexibility index (Phi) is 4.55. The molecule has 2 aliphatic rings. The topological polar surface area (TPSA) is 35.6 Å². The van der Waals surface area contributed by atoms with Crippen LogP contribution in [0.2, 0.25) is 0 Å². The zero-order valence-corrected chi connectivity index (χ0v) is 12.9. The van der Waals surface area contributed by atoms with Crippen LogP contribution in [0.4, 0.5) is 5.69 Å². The van der Waals surface area contributed by atoms with E-state index in [-0.39, 0.29) is 18.3 Å². The summed E-state index contributed by atoms with van der Waals surface area (Å²) in [5.74, 6) is 0.180. The van der Waals surface area contributed by atoms with E-state index in [1.165, 1.54) is 11.3 Å². The number of likely N-dealkylation sites (tertiary alicyclic amines) is 1. The lowest BCUT2D eigenvalue weighted by Gasteiger charge is -2.20. The van der Waals surface area contributed by atoms with Crippen molar-refractivity contribution >= 4 is 24.0 Å². The Labute approximate surface area is 126 Å². The number of nitrogens with zero attached hydrogens (tertiary/aromatic N) is 2. The van der Waals surface area contributed by atoms with E-state index >= 15 is 0 Å². The highest BCUT2D eigenvalue weighted by Gasteiger charge is 2.28. The first kappa shape index (κ1) is 15.1. The van der Waals surface area contributed by atoms with Crippen molar-refractivity contribution in [3.8, 4) is 0 Å². The molecule has 1 amide bonds. The molecule has 0 radical (unpaired) electrons. The fraction of sp³-hybridized carbons (Fsp3) is 0.533. The summed E-state index contributed by atoms with van der Waals surface area (Å²) in [4.78, 5) is 16.7. The van der Waals surface area contributed by atoms with E-state index in [0.29, 0.717) is 6.04 Å². The van der Waals surface area contributed by atoms with Crippen LogP contribution in [0.1, 0.15) is 22.3 Å². The smallest absolute Gasteiger partial charge is 0.253 e. The minimum Gasteiger partial charge on any atom is -0.384 e. The van der Waals surface area contributed by atoms with Crippen molar-refractivity contribution in [1.82, 2.24) is 9.80 Å². The van der Waals surface area contributed by atoms with E-state index in [0.717, 1.165) is 38.0 Å². The predicted octanol–water partition coefficient (Wildman–Crippen LogP) is 1.85. The van der Waals surface area contributed by atoms with Gasteiger partial charge in [-0.15, -0.1) is 12.4 Å². The lowest BCUT2D eigenvalue weighted by Crippen LogP contribution is -2.34. The maximum atomic E-state index is 12.5. The maximum absolute atomic E-state index is 12.5. The van der Waals surface area contributed by atoms with Crippen LogP contribution in [-0.2, 0) is 6.42 Å². The second-order valence-corrected chi connectivity index (χ2v) is 5.71. The first-order valence-electron chi connectivity index (χ1n) is 6.97. The molecule has 1 atom stereocenters. The van der Waals surface area contributed by atoms with E-state index in [1.54, 1.807) is 0 Å². The Hall–Kier alpha value is -1.26. The molecule has 1 N–H and O–H groups in total. The van der Waals surface area contributed by atoms with Crippen LogP contribution < -0.4 is 5.32 Å². The largest absolute Gasteiger partial charge is 0.384 e. The van der Waals surface area contributed by atoms with Gasteiger partial charge in [0.05, 0.1) is 0 Å². The fourth-order valence-electron chi connectivity index (χ4n) is 2.97. The Morgan fingerprint density at radius 2 is 2.20 bits per heavy atom. The van der Waals surface area contributed by atoms with Gasteiger partial charge in [0.15, 0.2) is 0 Å². The van der Waals surface area contributed by atoms with Crippen molar-refractivity contribution in [1.29, 1.82) is 0 Å². The van der Waals surface area contributed by atoms with Crippen LogP contribution >= 0.6 is 12.4 Å². The Bertz CT molecular complexity index is 504. The van der Waals surface area contributed by atoms with Crippen molar-refractivity contribution in [2.24, 2.45) is 0 Å². The van der Waals surface area contributed by atoms with Crippen LogP contribution in [0.5, 0.6) is 0 Å². The van der Waals surface area contributed by atoms with Gasteiger partial charge in [-0.2, -0.15) is 0 Å². The molecule has 0 spiro atoms. The zero-order chi connectivity index (χ0) is 13.4. The van der Waals surface area contributed by atoms with Crippen LogP contribution in [0.25, 0.3) is 0 Å². The number of rotatable bonds is 2. The Morgan fingerprint density at radius 3 is 2.90 bits per heavy atom. The number of hydrogen-bond acceptors (Lipinski definition) is 3. The van der Waals surface area contributed by atoms with Crippen molar-refractivity contribution < 1.29 is 4.79 Å². The van der Waals surface area contributed by atoms with Gasteiger partial charge in [-0.25, -0.2) is 0 Å². The molecule has 2 heterocycles. The molecule has 3 rings (SSSR count). The van der Waals surface area contributed by atoms with Gasteiger partial charge in [-0.1, -0.05) is 0 Å². The first-order valence-corrected chi connectivity index (χ1v) is 6.97. The molecule has 110 valence electrons. The normalized spacial score (nSPS) is 20.6. The number of fused-ring (bicyclic) bond motifs is 1. The molecule has 1 saturated heterocycles. The number of anilines is 1. The predicted molar refractivity (Wildman–Crippen MR) is 83.9 cm³/mol. The molecule has 2 aliphatic heterocycles. The maximum Gasteiger partial charge on any atom is 0.253 e. The van der Waals surface area contributed by atoms with Gasteiger partial charge in [-0.3, -0.25) is 4.79 Å². The summed E-state index contributed by atoms with van der Waals surface area (Å²) in [5.41, 5.74) is 3.29. The molecule has 0 aromatic heterocycles. The van der Waals surface area contributed by atoms with Crippen LogP contribution in [0.15, 0.2) is 18.2 Å². The van der Waals surface area contributed by atoms with Gasteiger partial charge < -0.3 is 15.1 Å². The molecule has 20 heavy (non-hydrogen) atoms. The Morgan fingerprint density at radius 1 is 1.40 bits per heavy atom. The summed E-state index contributed by atoms with van der Waals surface area (Å²) in [7, 11) is 4.17. The average molecular weight is 296 g/mol. The number of benzene rings is 1. The zero-order valence-electron chi connectivity index (χ0n) is 12.1. The number of halogens is 1. The highest BCUT2D eigenvalue weighted by Crippen LogP contribution is 2.24. The molecular weight excluding hydrogens is 274 g/mol. The second-order valence-electron chi connectivity index (χ2n) is 5.71. The van der Waals surface area contributed by atoms with E-state index in [2.05, 4.69) is 30.4 Å². The molecule has 5 heteroatoms. The van der Waals surface area contributed by atoms with Crippen molar-refractivity contribution in [2.45, 2.75) is 18.9 Å². The highest BCUT2D eigenvalue weighted by molar-refractivity contribution is 5.95. The van der Waals surface area contributed by atoms with Gasteiger partial charge in [0.1, 0.15) is 0 Å². The van der Waals surface area contributed by atoms with Crippen molar-refractivity contribution in [3.05, 3.63) is 29.3 Å². The van der Waals surface area contributed by atoms with E-state index in [4.69, 9.17) is 0 Å². The van der Waals surface area contributed by atoms with Crippen LogP contribution in [0.3, 0.4) is 0 Å². The standard InChI is InChI=1S/C15H21N3O.ClH/c1-17(2)13-6-8-18(10-13)15(19)12-3-4-14-11(9-12)5-7-16-14;/h3-4,9,13,16H,5-8,10H2,1-2H3;1H. The average Bonchev–Trinajstić information content (AvgIpc) is 3.06. The number of carbonyl (C=O) groups excluding carboxylic acids is 1. The molecule has 0 aliphatic carbocycles. The lowest BCUT2D eigenvalue weighted by molar-refractivity contribution is 0.0783. The number of likely N-dealkylation sites (N-methyl/N-ethyl adjacent to an activating group) is 1. The van der Waals surface area contributed by atoms with Gasteiger partial charge in [0.2, 0.25) is 0 Å². The van der Waals surface area contributed by atoms with Gasteiger partial charge in [-0.05, 0) is 50.7 Å². The number of carbonyl (C=O) groups is 1. The molecule has 1 unspecified atom stereocenters. The quantitative estimate of drug-likeness (QED) is 0.904. The summed E-state index contributed by atoms with van der Waals surface area (Å²) in [5, 5.41) is 3.33. The SMILES string of the molecule is CN(C)C1CCN(C(=O)c2ccc3c(c2)CCN3)C1.Cl. The van der Waals surface area contributed by atoms with Crippen LogP contribution in [-0.4, -0.2) is 55.5 Å². The Balaban J connectivity index is 0.00000147. The van der Waals surface area contributed by atoms with Gasteiger partial charge >= 0.3 is 0 Å². The van der Waals surface area contributed by atoms with Crippen molar-refractivity contribution in [2.75, 3.05) is 39.0 Å². The second kappa shape index (κ2) is 6.02. The van der Waals surface area contributed by atoms with Gasteiger partial charge in [0.25, 0.3) is 5.91 Å². The summed E-state index contributed by atoms with van der Waals surface area (Å²) < 4.78 is 0. The summed E-state index contributed by atoms with van der Waals surface area (Å²) in [6.07, 6.45) is 2.10. The molecule has 1 aromatic rings. The molecule has 0 saturated carbocycles. The molecule has 0 bridgehead atoms.